The average molecular weight is 373 g/mol. The topological polar surface area (TPSA) is 67.6 Å². The molecule has 0 bridgehead atoms. The summed E-state index contributed by atoms with van der Waals surface area (Å²) in [5.74, 6) is 0.246. The molecule has 0 aromatic heterocycles. The summed E-state index contributed by atoms with van der Waals surface area (Å²) < 4.78 is 0. The molecule has 3 aliphatic heterocycles. The number of hydrogen-bond donors (Lipinski definition) is 1. The predicted octanol–water partition coefficient (Wildman–Crippen LogP) is 4.14. The number of amides is 1. The Balaban J connectivity index is 1.63. The van der Waals surface area contributed by atoms with E-state index in [1.807, 2.05) is 18.2 Å². The second kappa shape index (κ2) is 6.27. The normalized spacial score (nSPS) is 22.4. The van der Waals surface area contributed by atoms with Crippen molar-refractivity contribution in [2.75, 3.05) is 24.5 Å². The maximum atomic E-state index is 11.6. The van der Waals surface area contributed by atoms with Crippen LogP contribution in [0.3, 0.4) is 0 Å². The van der Waals surface area contributed by atoms with Crippen molar-refractivity contribution in [2.24, 2.45) is 0 Å². The van der Waals surface area contributed by atoms with Gasteiger partial charge in [-0.05, 0) is 78.3 Å². The van der Waals surface area contributed by atoms with Crippen LogP contribution in [-0.4, -0.2) is 41.8 Å². The molecule has 1 N–H and O–H groups in total. The molecule has 28 heavy (non-hydrogen) atoms. The smallest absolute Gasteiger partial charge is 0.407 e. The molecule has 0 spiro atoms. The van der Waals surface area contributed by atoms with Gasteiger partial charge in [0, 0.05) is 37.3 Å². The van der Waals surface area contributed by atoms with Gasteiger partial charge in [-0.2, -0.15) is 5.26 Å². The lowest BCUT2D eigenvalue weighted by atomic mass is 9.86. The highest BCUT2D eigenvalue weighted by Crippen LogP contribution is 2.50. The molecule has 0 radical (unpaired) electrons. The second-order valence-corrected chi connectivity index (χ2v) is 8.20. The number of anilines is 1. The molecule has 5 rings (SSSR count). The standard InChI is InChI=1S/C23H23N3O2/c1-14-9-15(12-24)4-5-18(14)17-10-16-3-2-7-26-21-6-8-25(23(27)28)13-20(21)19(11-17)22(16)26/h4-5,9-11,20-21H,2-3,6-8,13H2,1H3,(H,27,28)/t20?,21-/m0/s1. The van der Waals surface area contributed by atoms with Crippen LogP contribution in [0, 0.1) is 18.3 Å². The van der Waals surface area contributed by atoms with Crippen molar-refractivity contribution < 1.29 is 9.90 Å². The van der Waals surface area contributed by atoms with Gasteiger partial charge >= 0.3 is 6.09 Å². The third kappa shape index (κ3) is 2.48. The van der Waals surface area contributed by atoms with Crippen LogP contribution in [0.2, 0.25) is 0 Å². The molecule has 3 aliphatic rings. The van der Waals surface area contributed by atoms with E-state index in [1.165, 1.54) is 22.4 Å². The van der Waals surface area contributed by atoms with Crippen molar-refractivity contribution in [3.05, 3.63) is 52.6 Å². The monoisotopic (exact) mass is 373 g/mol. The number of nitriles is 1. The highest BCUT2D eigenvalue weighted by Gasteiger charge is 2.44. The van der Waals surface area contributed by atoms with Gasteiger partial charge in [0.25, 0.3) is 0 Å². The number of carbonyl (C=O) groups is 1. The van der Waals surface area contributed by atoms with Crippen LogP contribution in [0.5, 0.6) is 0 Å². The second-order valence-electron chi connectivity index (χ2n) is 8.20. The van der Waals surface area contributed by atoms with Crippen LogP contribution in [-0.2, 0) is 6.42 Å². The van der Waals surface area contributed by atoms with Crippen molar-refractivity contribution in [1.82, 2.24) is 4.90 Å². The maximum Gasteiger partial charge on any atom is 0.407 e. The Hall–Kier alpha value is -3.00. The minimum atomic E-state index is -0.812. The molecule has 2 aromatic carbocycles. The summed E-state index contributed by atoms with van der Waals surface area (Å²) >= 11 is 0. The number of fused-ring (bicyclic) bond motifs is 3. The van der Waals surface area contributed by atoms with Crippen molar-refractivity contribution in [2.45, 2.75) is 38.1 Å². The fourth-order valence-corrected chi connectivity index (χ4v) is 5.43. The van der Waals surface area contributed by atoms with E-state index in [4.69, 9.17) is 5.26 Å². The van der Waals surface area contributed by atoms with E-state index in [9.17, 15) is 9.90 Å². The zero-order chi connectivity index (χ0) is 19.4. The summed E-state index contributed by atoms with van der Waals surface area (Å²) in [5, 5.41) is 18.7. The number of carboxylic acid groups (broad SMARTS) is 1. The molecular formula is C23H23N3O2. The number of hydrogen-bond acceptors (Lipinski definition) is 3. The first-order valence-corrected chi connectivity index (χ1v) is 9.99. The molecule has 5 nitrogen and oxygen atoms in total. The molecule has 142 valence electrons. The average Bonchev–Trinajstić information content (AvgIpc) is 3.02. The summed E-state index contributed by atoms with van der Waals surface area (Å²) in [5.41, 5.74) is 8.19. The van der Waals surface area contributed by atoms with E-state index in [-0.39, 0.29) is 5.92 Å². The van der Waals surface area contributed by atoms with Gasteiger partial charge in [0.05, 0.1) is 11.6 Å². The van der Waals surface area contributed by atoms with Gasteiger partial charge in [-0.15, -0.1) is 0 Å². The molecule has 5 heteroatoms. The number of piperidine rings is 1. The molecule has 1 saturated heterocycles. The molecular weight excluding hydrogens is 350 g/mol. The van der Waals surface area contributed by atoms with E-state index in [0.717, 1.165) is 36.9 Å². The largest absolute Gasteiger partial charge is 0.465 e. The zero-order valence-corrected chi connectivity index (χ0v) is 16.0. The maximum absolute atomic E-state index is 11.6. The van der Waals surface area contributed by atoms with Crippen molar-refractivity contribution >= 4 is 11.8 Å². The van der Waals surface area contributed by atoms with Crippen LogP contribution in [0.15, 0.2) is 30.3 Å². The summed E-state index contributed by atoms with van der Waals surface area (Å²) in [6.07, 6.45) is 2.31. The number of aryl methyl sites for hydroxylation is 2. The van der Waals surface area contributed by atoms with Crippen LogP contribution in [0.1, 0.15) is 41.0 Å². The van der Waals surface area contributed by atoms with E-state index in [2.05, 4.69) is 30.0 Å². The highest BCUT2D eigenvalue weighted by atomic mass is 16.4. The van der Waals surface area contributed by atoms with Gasteiger partial charge in [-0.1, -0.05) is 6.07 Å². The Labute approximate surface area is 164 Å². The van der Waals surface area contributed by atoms with Gasteiger partial charge in [0.1, 0.15) is 0 Å². The lowest BCUT2D eigenvalue weighted by Gasteiger charge is -2.39. The van der Waals surface area contributed by atoms with E-state index in [0.29, 0.717) is 24.7 Å². The molecule has 3 heterocycles. The number of likely N-dealkylation sites (tertiary alicyclic amines) is 1. The Morgan fingerprint density at radius 1 is 1.25 bits per heavy atom. The Morgan fingerprint density at radius 2 is 2.11 bits per heavy atom. The van der Waals surface area contributed by atoms with Gasteiger partial charge in [-0.3, -0.25) is 0 Å². The summed E-state index contributed by atoms with van der Waals surface area (Å²) in [7, 11) is 0. The predicted molar refractivity (Wildman–Crippen MR) is 108 cm³/mol. The third-order valence-corrected chi connectivity index (χ3v) is 6.66. The molecule has 2 aromatic rings. The van der Waals surface area contributed by atoms with Gasteiger partial charge in [-0.25, -0.2) is 4.79 Å². The minimum absolute atomic E-state index is 0.246. The van der Waals surface area contributed by atoms with Crippen molar-refractivity contribution in [1.29, 1.82) is 5.26 Å². The molecule has 1 fully saturated rings. The van der Waals surface area contributed by atoms with Gasteiger partial charge in [0.15, 0.2) is 0 Å². The lowest BCUT2D eigenvalue weighted by molar-refractivity contribution is 0.127. The first kappa shape index (κ1) is 17.1. The quantitative estimate of drug-likeness (QED) is 0.816. The van der Waals surface area contributed by atoms with E-state index < -0.39 is 6.09 Å². The summed E-state index contributed by atoms with van der Waals surface area (Å²) in [6, 6.07) is 13.1. The molecule has 0 saturated carbocycles. The Kier molecular flexibility index (Phi) is 3.83. The van der Waals surface area contributed by atoms with Crippen LogP contribution >= 0.6 is 0 Å². The summed E-state index contributed by atoms with van der Waals surface area (Å²) in [6.45, 7) is 4.33. The van der Waals surface area contributed by atoms with Gasteiger partial charge < -0.3 is 14.9 Å². The Bertz CT molecular complexity index is 1020. The van der Waals surface area contributed by atoms with Crippen molar-refractivity contribution in [3.63, 3.8) is 0 Å². The molecule has 2 atom stereocenters. The fraction of sp³-hybridized carbons (Fsp3) is 0.391. The van der Waals surface area contributed by atoms with E-state index in [1.54, 1.807) is 4.90 Å². The van der Waals surface area contributed by atoms with Crippen molar-refractivity contribution in [3.8, 4) is 17.2 Å². The van der Waals surface area contributed by atoms with E-state index >= 15 is 0 Å². The SMILES string of the molecule is Cc1cc(C#N)ccc1-c1cc2c3c(c1)C1CN(C(=O)O)CC[C@@H]1N3CCC2. The van der Waals surface area contributed by atoms with Crippen LogP contribution in [0.4, 0.5) is 10.5 Å². The number of rotatable bonds is 1. The zero-order valence-electron chi connectivity index (χ0n) is 16.0. The van der Waals surface area contributed by atoms with Gasteiger partial charge in [0.2, 0.25) is 0 Å². The number of nitrogens with zero attached hydrogens (tertiary/aromatic N) is 3. The lowest BCUT2D eigenvalue weighted by Crippen LogP contribution is -2.48. The first-order chi connectivity index (χ1) is 13.6. The molecule has 0 aliphatic carbocycles. The first-order valence-electron chi connectivity index (χ1n) is 9.99. The summed E-state index contributed by atoms with van der Waals surface area (Å²) in [4.78, 5) is 15.7. The third-order valence-electron chi connectivity index (χ3n) is 6.66. The fourth-order valence-electron chi connectivity index (χ4n) is 5.43. The van der Waals surface area contributed by atoms with Crippen LogP contribution < -0.4 is 4.90 Å². The Morgan fingerprint density at radius 3 is 2.86 bits per heavy atom. The van der Waals surface area contributed by atoms with Crippen LogP contribution in [0.25, 0.3) is 11.1 Å². The highest BCUT2D eigenvalue weighted by molar-refractivity contribution is 5.78. The minimum Gasteiger partial charge on any atom is -0.465 e. The number of benzene rings is 2. The molecule has 1 amide bonds. The molecule has 1 unspecified atom stereocenters.